The highest BCUT2D eigenvalue weighted by molar-refractivity contribution is 7.16. The molecule has 152 valence electrons. The second-order valence-corrected chi connectivity index (χ2v) is 8.24. The predicted octanol–water partition coefficient (Wildman–Crippen LogP) is 3.08. The molecular formula is C21H20N6O2S. The van der Waals surface area contributed by atoms with Crippen LogP contribution in [0.4, 0.5) is 5.69 Å². The molecule has 0 spiro atoms. The summed E-state index contributed by atoms with van der Waals surface area (Å²) in [5.74, 6) is 1.63. The number of benzene rings is 1. The maximum absolute atomic E-state index is 12.4. The van der Waals surface area contributed by atoms with Crippen molar-refractivity contribution >= 4 is 33.1 Å². The lowest BCUT2D eigenvalue weighted by atomic mass is 10.2. The maximum Gasteiger partial charge on any atom is 0.262 e. The predicted molar refractivity (Wildman–Crippen MR) is 116 cm³/mol. The van der Waals surface area contributed by atoms with Crippen molar-refractivity contribution in [3.05, 3.63) is 58.2 Å². The van der Waals surface area contributed by atoms with Gasteiger partial charge in [0.25, 0.3) is 5.56 Å². The highest BCUT2D eigenvalue weighted by Crippen LogP contribution is 2.24. The van der Waals surface area contributed by atoms with Gasteiger partial charge in [0.1, 0.15) is 17.2 Å². The molecule has 0 radical (unpaired) electrons. The van der Waals surface area contributed by atoms with Gasteiger partial charge in [-0.1, -0.05) is 6.42 Å². The third-order valence-corrected chi connectivity index (χ3v) is 6.12. The molecule has 0 bridgehead atoms. The minimum absolute atomic E-state index is 0.0863. The molecule has 0 aliphatic carbocycles. The number of fused-ring (bicyclic) bond motifs is 2. The monoisotopic (exact) mass is 420 g/mol. The largest absolute Gasteiger partial charge is 0.325 e. The number of nitrogens with one attached hydrogen (secondary N) is 1. The fourth-order valence-corrected chi connectivity index (χ4v) is 4.49. The number of nitrogens with zero attached hydrogens (tertiary/aromatic N) is 5. The van der Waals surface area contributed by atoms with Crippen LogP contribution in [-0.2, 0) is 24.3 Å². The summed E-state index contributed by atoms with van der Waals surface area (Å²) in [7, 11) is 0. The zero-order chi connectivity index (χ0) is 20.5. The Bertz CT molecular complexity index is 1270. The molecule has 30 heavy (non-hydrogen) atoms. The van der Waals surface area contributed by atoms with Gasteiger partial charge in [0, 0.05) is 24.2 Å². The fourth-order valence-electron chi connectivity index (χ4n) is 3.76. The summed E-state index contributed by atoms with van der Waals surface area (Å²) in [5.41, 5.74) is 1.42. The van der Waals surface area contributed by atoms with Crippen LogP contribution >= 0.6 is 11.3 Å². The Morgan fingerprint density at radius 1 is 1.10 bits per heavy atom. The second-order valence-electron chi connectivity index (χ2n) is 7.34. The molecule has 1 aliphatic rings. The summed E-state index contributed by atoms with van der Waals surface area (Å²) >= 11 is 1.41. The first-order valence-electron chi connectivity index (χ1n) is 9.94. The molecule has 5 rings (SSSR count). The van der Waals surface area contributed by atoms with E-state index in [-0.39, 0.29) is 18.0 Å². The van der Waals surface area contributed by atoms with Crippen LogP contribution in [0.25, 0.3) is 21.6 Å². The van der Waals surface area contributed by atoms with Gasteiger partial charge in [0.2, 0.25) is 5.91 Å². The van der Waals surface area contributed by atoms with E-state index in [0.29, 0.717) is 15.9 Å². The Labute approximate surface area is 176 Å². The van der Waals surface area contributed by atoms with Crippen LogP contribution in [0, 0.1) is 0 Å². The van der Waals surface area contributed by atoms with E-state index in [2.05, 4.69) is 25.1 Å². The summed E-state index contributed by atoms with van der Waals surface area (Å²) in [6.45, 7) is 0.852. The first kappa shape index (κ1) is 18.7. The van der Waals surface area contributed by atoms with E-state index in [1.54, 1.807) is 6.07 Å². The molecule has 3 aromatic heterocycles. The first-order chi connectivity index (χ1) is 14.7. The molecule has 1 N–H and O–H groups in total. The van der Waals surface area contributed by atoms with Crippen molar-refractivity contribution in [2.24, 2.45) is 0 Å². The number of aryl methyl sites for hydroxylation is 1. The molecule has 0 saturated heterocycles. The Balaban J connectivity index is 1.30. The fraction of sp³-hybridized carbons (Fsp3) is 0.286. The smallest absolute Gasteiger partial charge is 0.262 e. The van der Waals surface area contributed by atoms with Gasteiger partial charge in [-0.25, -0.2) is 4.98 Å². The van der Waals surface area contributed by atoms with E-state index in [1.807, 2.05) is 29.6 Å². The lowest BCUT2D eigenvalue weighted by Crippen LogP contribution is -2.27. The van der Waals surface area contributed by atoms with Crippen molar-refractivity contribution in [2.75, 3.05) is 5.32 Å². The number of hydrogen-bond donors (Lipinski definition) is 1. The van der Waals surface area contributed by atoms with E-state index >= 15 is 0 Å². The minimum atomic E-state index is -0.280. The number of carbonyl (C=O) groups excluding carboxylic acids is 1. The van der Waals surface area contributed by atoms with Crippen LogP contribution in [-0.4, -0.2) is 30.2 Å². The zero-order valence-electron chi connectivity index (χ0n) is 16.2. The van der Waals surface area contributed by atoms with E-state index in [9.17, 15) is 9.59 Å². The molecule has 1 aliphatic heterocycles. The molecule has 4 aromatic rings. The summed E-state index contributed by atoms with van der Waals surface area (Å²) < 4.78 is 3.52. The highest BCUT2D eigenvalue weighted by Gasteiger charge is 2.16. The van der Waals surface area contributed by atoms with Gasteiger partial charge in [0.05, 0.1) is 11.7 Å². The van der Waals surface area contributed by atoms with E-state index in [0.717, 1.165) is 43.0 Å². The van der Waals surface area contributed by atoms with Crippen molar-refractivity contribution in [2.45, 2.75) is 38.8 Å². The van der Waals surface area contributed by atoms with Gasteiger partial charge >= 0.3 is 0 Å². The van der Waals surface area contributed by atoms with Crippen LogP contribution in [0.3, 0.4) is 0 Å². The second kappa shape index (κ2) is 7.83. The lowest BCUT2D eigenvalue weighted by molar-refractivity contribution is -0.116. The number of carbonyl (C=O) groups is 1. The average molecular weight is 420 g/mol. The summed E-state index contributed by atoms with van der Waals surface area (Å²) in [6.07, 6.45) is 5.89. The Morgan fingerprint density at radius 3 is 2.83 bits per heavy atom. The van der Waals surface area contributed by atoms with E-state index in [1.165, 1.54) is 28.7 Å². The Hall–Kier alpha value is -3.33. The molecule has 0 atom stereocenters. The molecule has 0 unspecified atom stereocenters. The summed E-state index contributed by atoms with van der Waals surface area (Å²) in [6, 6.07) is 9.28. The van der Waals surface area contributed by atoms with Crippen LogP contribution in [0.5, 0.6) is 0 Å². The number of aromatic nitrogens is 5. The van der Waals surface area contributed by atoms with Gasteiger partial charge in [-0.15, -0.1) is 21.5 Å². The maximum atomic E-state index is 12.4. The minimum Gasteiger partial charge on any atom is -0.325 e. The molecule has 4 heterocycles. The van der Waals surface area contributed by atoms with E-state index in [4.69, 9.17) is 0 Å². The van der Waals surface area contributed by atoms with Crippen LogP contribution in [0.15, 0.2) is 46.8 Å². The number of hydrogen-bond acceptors (Lipinski definition) is 6. The summed E-state index contributed by atoms with van der Waals surface area (Å²) in [4.78, 5) is 29.8. The van der Waals surface area contributed by atoms with Crippen molar-refractivity contribution in [1.82, 2.24) is 24.3 Å². The van der Waals surface area contributed by atoms with Crippen molar-refractivity contribution < 1.29 is 4.79 Å². The summed E-state index contributed by atoms with van der Waals surface area (Å²) in [5, 5.41) is 13.9. The molecule has 8 nitrogen and oxygen atoms in total. The van der Waals surface area contributed by atoms with Crippen molar-refractivity contribution in [3.63, 3.8) is 0 Å². The van der Waals surface area contributed by atoms with Crippen molar-refractivity contribution in [3.8, 4) is 11.4 Å². The van der Waals surface area contributed by atoms with Gasteiger partial charge in [-0.2, -0.15) is 0 Å². The molecule has 0 fully saturated rings. The van der Waals surface area contributed by atoms with Crippen LogP contribution in [0.1, 0.15) is 25.1 Å². The topological polar surface area (TPSA) is 94.7 Å². The number of rotatable bonds is 4. The van der Waals surface area contributed by atoms with Gasteiger partial charge in [0.15, 0.2) is 5.82 Å². The van der Waals surface area contributed by atoms with Crippen molar-refractivity contribution in [1.29, 1.82) is 0 Å². The Kier molecular flexibility index (Phi) is 4.88. The molecule has 1 amide bonds. The number of anilines is 1. The van der Waals surface area contributed by atoms with Gasteiger partial charge in [-0.05, 0) is 48.6 Å². The van der Waals surface area contributed by atoms with E-state index < -0.39 is 0 Å². The molecule has 1 aromatic carbocycles. The number of amides is 1. The van der Waals surface area contributed by atoms with Crippen LogP contribution in [0.2, 0.25) is 0 Å². The average Bonchev–Trinajstić information content (AvgIpc) is 3.32. The zero-order valence-corrected chi connectivity index (χ0v) is 17.1. The van der Waals surface area contributed by atoms with Gasteiger partial charge < -0.3 is 9.88 Å². The molecule has 0 saturated carbocycles. The molecule has 9 heteroatoms. The number of thiophene rings is 1. The Morgan fingerprint density at radius 2 is 1.97 bits per heavy atom. The highest BCUT2D eigenvalue weighted by atomic mass is 32.1. The van der Waals surface area contributed by atoms with Gasteiger partial charge in [-0.3, -0.25) is 14.2 Å². The normalized spacial score (nSPS) is 13.7. The quantitative estimate of drug-likeness (QED) is 0.547. The first-order valence-corrected chi connectivity index (χ1v) is 10.8. The molecular weight excluding hydrogens is 400 g/mol. The third kappa shape index (κ3) is 3.52. The SMILES string of the molecule is O=C(Cn1cnc2sccc2c1=O)Nc1ccc(-c2nnc3n2CCCCC3)cc1. The third-order valence-electron chi connectivity index (χ3n) is 5.30. The lowest BCUT2D eigenvalue weighted by Gasteiger charge is -2.09. The standard InChI is InChI=1S/C21H20N6O2S/c28-18(12-26-13-22-20-16(21(26)29)9-11-30-20)23-15-7-5-14(6-8-15)19-25-24-17-4-2-1-3-10-27(17)19/h5-9,11,13H,1-4,10,12H2,(H,23,28). The van der Waals surface area contributed by atoms with Crippen LogP contribution < -0.4 is 10.9 Å².